The quantitative estimate of drug-likeness (QED) is 0.274. The van der Waals surface area contributed by atoms with E-state index in [9.17, 15) is 45.6 Å². The van der Waals surface area contributed by atoms with Crippen LogP contribution in [0.25, 0.3) is 0 Å². The summed E-state index contributed by atoms with van der Waals surface area (Å²) in [4.78, 5) is 13.1. The molecule has 2 aromatic carbocycles. The van der Waals surface area contributed by atoms with Crippen molar-refractivity contribution in [1.29, 1.82) is 0 Å². The number of ether oxygens (including phenoxy) is 1. The van der Waals surface area contributed by atoms with Crippen molar-refractivity contribution in [2.75, 3.05) is 6.61 Å². The first-order chi connectivity index (χ1) is 14.7. The normalized spacial score (nSPS) is 32.5. The molecule has 0 spiro atoms. The lowest BCUT2D eigenvalue weighted by Crippen LogP contribution is -2.65. The van der Waals surface area contributed by atoms with Gasteiger partial charge in [-0.15, -0.1) is 0 Å². The van der Waals surface area contributed by atoms with E-state index in [1.807, 2.05) is 0 Å². The average Bonchev–Trinajstić information content (AvgIpc) is 2.75. The Hall–Kier alpha value is -2.57. The van der Waals surface area contributed by atoms with Crippen molar-refractivity contribution >= 4 is 5.78 Å². The van der Waals surface area contributed by atoms with Gasteiger partial charge in [-0.25, -0.2) is 0 Å². The number of benzene rings is 2. The summed E-state index contributed by atoms with van der Waals surface area (Å²) in [5, 5.41) is 83.0. The molecule has 6 atom stereocenters. The maximum atomic E-state index is 13.1. The van der Waals surface area contributed by atoms with E-state index < -0.39 is 66.6 Å². The first kappa shape index (κ1) is 21.7. The zero-order valence-corrected chi connectivity index (χ0v) is 16.1. The number of aromatic hydroxyl groups is 2. The summed E-state index contributed by atoms with van der Waals surface area (Å²) < 4.78 is 5.58. The topological polar surface area (TPSA) is 188 Å². The van der Waals surface area contributed by atoms with E-state index in [0.717, 1.165) is 6.07 Å². The smallest absolute Gasteiger partial charge is 0.201 e. The maximum absolute atomic E-state index is 13.1. The molecule has 10 heteroatoms. The Morgan fingerprint density at radius 1 is 0.903 bits per heavy atom. The lowest BCUT2D eigenvalue weighted by molar-refractivity contribution is -0.265. The van der Waals surface area contributed by atoms with Crippen LogP contribution in [0.2, 0.25) is 0 Å². The van der Waals surface area contributed by atoms with Gasteiger partial charge in [-0.1, -0.05) is 12.1 Å². The van der Waals surface area contributed by atoms with E-state index in [1.165, 1.54) is 24.3 Å². The summed E-state index contributed by atoms with van der Waals surface area (Å²) in [6.07, 6.45) is -8.49. The molecule has 1 fully saturated rings. The fourth-order valence-corrected chi connectivity index (χ4v) is 4.44. The van der Waals surface area contributed by atoms with Gasteiger partial charge in [-0.05, 0) is 23.8 Å². The van der Waals surface area contributed by atoms with Crippen LogP contribution >= 0.6 is 0 Å². The first-order valence-electron chi connectivity index (χ1n) is 9.54. The number of phenols is 2. The molecule has 1 aliphatic heterocycles. The molecule has 1 heterocycles. The fourth-order valence-electron chi connectivity index (χ4n) is 4.44. The van der Waals surface area contributed by atoms with Crippen LogP contribution in [0.15, 0.2) is 30.3 Å². The molecule has 0 unspecified atom stereocenters. The fraction of sp³-hybridized carbons (Fsp3) is 0.381. The van der Waals surface area contributed by atoms with Gasteiger partial charge < -0.3 is 45.6 Å². The number of hydrogen-bond acceptors (Lipinski definition) is 10. The van der Waals surface area contributed by atoms with Crippen LogP contribution in [0.3, 0.4) is 0 Å². The molecule has 0 radical (unpaired) electrons. The molecule has 31 heavy (non-hydrogen) atoms. The number of aliphatic hydroxyl groups excluding tert-OH is 5. The molecule has 0 amide bonds. The number of carbonyl (C=O) groups excluding carboxylic acids is 1. The average molecular weight is 434 g/mol. The maximum Gasteiger partial charge on any atom is 0.201 e. The molecule has 4 rings (SSSR count). The second-order valence-electron chi connectivity index (χ2n) is 7.74. The molecule has 2 aliphatic rings. The number of hydrogen-bond donors (Lipinski definition) is 8. The summed E-state index contributed by atoms with van der Waals surface area (Å²) in [7, 11) is 0. The number of fused-ring (bicyclic) bond motifs is 2. The molecule has 0 bridgehead atoms. The second kappa shape index (κ2) is 7.53. The summed E-state index contributed by atoms with van der Waals surface area (Å²) in [6.45, 7) is -1.30. The summed E-state index contributed by atoms with van der Waals surface area (Å²) in [6, 6.07) is 6.21. The highest BCUT2D eigenvalue weighted by Crippen LogP contribution is 2.50. The Balaban J connectivity index is 2.04. The van der Waals surface area contributed by atoms with Gasteiger partial charge in [0.05, 0.1) is 24.3 Å². The van der Waals surface area contributed by atoms with E-state index in [2.05, 4.69) is 0 Å². The Morgan fingerprint density at radius 2 is 1.58 bits per heavy atom. The SMILES string of the molecule is O=C1c2c(O)cccc2[C@](O)([C@@H]2O[C@H](CO)[C@H](O)[C@H](O)[C@@H]2O)c2cc(CO)cc(O)c21. The largest absolute Gasteiger partial charge is 0.507 e. The Morgan fingerprint density at radius 3 is 2.23 bits per heavy atom. The lowest BCUT2D eigenvalue weighted by Gasteiger charge is -2.49. The molecule has 0 saturated carbocycles. The van der Waals surface area contributed by atoms with Crippen LogP contribution in [0.1, 0.15) is 32.6 Å². The molecule has 166 valence electrons. The standard InChI is InChI=1S/C21H22O10/c22-6-8-4-10-15(12(25)5-8)17(27)14-9(2-1-3-11(14)24)21(10,30)20-19(29)18(28)16(26)13(7-23)31-20/h1-5,13,16,18-20,22-26,28-30H,6-7H2/t13-,16+,18+,19+,20-,21-/m1/s1. The summed E-state index contributed by atoms with van der Waals surface area (Å²) >= 11 is 0. The highest BCUT2D eigenvalue weighted by molar-refractivity contribution is 6.16. The summed E-state index contributed by atoms with van der Waals surface area (Å²) in [5.74, 6) is -1.88. The lowest BCUT2D eigenvalue weighted by atomic mass is 9.68. The van der Waals surface area contributed by atoms with Crippen molar-refractivity contribution in [3.05, 3.63) is 58.1 Å². The first-order valence-corrected chi connectivity index (χ1v) is 9.54. The molecule has 0 aromatic heterocycles. The third-order valence-electron chi connectivity index (χ3n) is 5.98. The van der Waals surface area contributed by atoms with Gasteiger partial charge in [0.1, 0.15) is 47.6 Å². The predicted octanol–water partition coefficient (Wildman–Crippen LogP) is -1.79. The van der Waals surface area contributed by atoms with Crippen LogP contribution < -0.4 is 0 Å². The third-order valence-corrected chi connectivity index (χ3v) is 5.98. The monoisotopic (exact) mass is 434 g/mol. The van der Waals surface area contributed by atoms with Gasteiger partial charge in [0, 0.05) is 11.1 Å². The molecular formula is C21H22O10. The van der Waals surface area contributed by atoms with E-state index in [4.69, 9.17) is 4.74 Å². The molecule has 2 aromatic rings. The van der Waals surface area contributed by atoms with Gasteiger partial charge in [0.25, 0.3) is 0 Å². The van der Waals surface area contributed by atoms with E-state index in [-0.39, 0.29) is 27.8 Å². The Kier molecular flexibility index (Phi) is 5.26. The minimum atomic E-state index is -2.42. The molecular weight excluding hydrogens is 412 g/mol. The van der Waals surface area contributed by atoms with Crippen molar-refractivity contribution in [3.8, 4) is 11.5 Å². The van der Waals surface area contributed by atoms with Crippen molar-refractivity contribution in [2.24, 2.45) is 0 Å². The van der Waals surface area contributed by atoms with Crippen LogP contribution in [0.5, 0.6) is 11.5 Å². The molecule has 1 saturated heterocycles. The molecule has 8 N–H and O–H groups in total. The highest BCUT2D eigenvalue weighted by atomic mass is 16.6. The number of carbonyl (C=O) groups is 1. The van der Waals surface area contributed by atoms with Crippen molar-refractivity contribution in [1.82, 2.24) is 0 Å². The number of phenolic OH excluding ortho intramolecular Hbond substituents is 2. The van der Waals surface area contributed by atoms with Crippen molar-refractivity contribution in [3.63, 3.8) is 0 Å². The highest BCUT2D eigenvalue weighted by Gasteiger charge is 2.57. The van der Waals surface area contributed by atoms with Gasteiger partial charge in [0.15, 0.2) is 0 Å². The van der Waals surface area contributed by atoms with Gasteiger partial charge in [0.2, 0.25) is 5.78 Å². The van der Waals surface area contributed by atoms with Gasteiger partial charge in [-0.3, -0.25) is 4.79 Å². The third kappa shape index (κ3) is 2.96. The number of aliphatic hydroxyl groups is 6. The van der Waals surface area contributed by atoms with Gasteiger partial charge >= 0.3 is 0 Å². The number of ketones is 1. The molecule has 10 nitrogen and oxygen atoms in total. The van der Waals surface area contributed by atoms with E-state index in [0.29, 0.717) is 0 Å². The van der Waals surface area contributed by atoms with Crippen molar-refractivity contribution < 1.29 is 50.4 Å². The van der Waals surface area contributed by atoms with Crippen molar-refractivity contribution in [2.45, 2.75) is 42.7 Å². The van der Waals surface area contributed by atoms with E-state index >= 15 is 0 Å². The second-order valence-corrected chi connectivity index (χ2v) is 7.74. The zero-order valence-electron chi connectivity index (χ0n) is 16.1. The predicted molar refractivity (Wildman–Crippen MR) is 102 cm³/mol. The minimum Gasteiger partial charge on any atom is -0.507 e. The Bertz CT molecular complexity index is 1040. The van der Waals surface area contributed by atoms with Gasteiger partial charge in [-0.2, -0.15) is 0 Å². The van der Waals surface area contributed by atoms with Crippen LogP contribution in [0.4, 0.5) is 0 Å². The van der Waals surface area contributed by atoms with Crippen LogP contribution in [-0.2, 0) is 16.9 Å². The van der Waals surface area contributed by atoms with Crippen LogP contribution in [0, 0.1) is 0 Å². The minimum absolute atomic E-state index is 0.135. The van der Waals surface area contributed by atoms with Crippen LogP contribution in [-0.4, -0.2) is 83.8 Å². The zero-order chi connectivity index (χ0) is 22.7. The Labute approximate surface area is 175 Å². The number of rotatable bonds is 3. The van der Waals surface area contributed by atoms with E-state index in [1.54, 1.807) is 0 Å². The summed E-state index contributed by atoms with van der Waals surface area (Å²) in [5.41, 5.74) is -3.43. The molecule has 1 aliphatic carbocycles.